The summed E-state index contributed by atoms with van der Waals surface area (Å²) in [5, 5.41) is 7.33. The number of carbonyl (C=O) groups is 2. The maximum atomic E-state index is 13.2. The molecule has 1 aromatic heterocycles. The average molecular weight is 426 g/mol. The topological polar surface area (TPSA) is 81.8 Å². The van der Waals surface area contributed by atoms with Gasteiger partial charge in [0.15, 0.2) is 5.69 Å². The number of H-pyrrole nitrogens is 1. The monoisotopic (exact) mass is 425 g/mol. The molecule has 3 heterocycles. The number of aromatic nitrogens is 2. The first-order valence-electron chi connectivity index (χ1n) is 10.9. The van der Waals surface area contributed by atoms with E-state index in [1.165, 1.54) is 5.56 Å². The van der Waals surface area contributed by atoms with Crippen molar-refractivity contribution in [2.45, 2.75) is 45.9 Å². The molecule has 8 heteroatoms. The number of piperazine rings is 1. The Hall–Kier alpha value is -2.87. The maximum absolute atomic E-state index is 13.2. The number of carbonyl (C=O) groups excluding carboxylic acids is 2. The molecular formula is C23H31N5O3. The van der Waals surface area contributed by atoms with Crippen molar-refractivity contribution in [1.29, 1.82) is 0 Å². The van der Waals surface area contributed by atoms with Gasteiger partial charge in [-0.1, -0.05) is 30.3 Å². The number of fused-ring (bicyclic) bond motifs is 1. The SMILES string of the molecule is CC(C)(C)OC(=O)N1CCc2[nH]nc(C(=O)N3CCN(Cc4ccccc4)CC3)c2C1. The molecule has 1 saturated heterocycles. The first-order chi connectivity index (χ1) is 14.8. The van der Waals surface area contributed by atoms with Crippen LogP contribution in [0.4, 0.5) is 4.79 Å². The van der Waals surface area contributed by atoms with Crippen LogP contribution < -0.4 is 0 Å². The van der Waals surface area contributed by atoms with Gasteiger partial charge in [0, 0.05) is 56.9 Å². The molecule has 31 heavy (non-hydrogen) atoms. The number of ether oxygens (including phenoxy) is 1. The molecule has 166 valence electrons. The van der Waals surface area contributed by atoms with Gasteiger partial charge in [-0.25, -0.2) is 4.79 Å². The maximum Gasteiger partial charge on any atom is 0.410 e. The van der Waals surface area contributed by atoms with Crippen molar-refractivity contribution < 1.29 is 14.3 Å². The molecule has 4 rings (SSSR count). The standard InChI is InChI=1S/C23H31N5O3/c1-23(2,3)31-22(30)28-10-9-19-18(16-28)20(25-24-19)21(29)27-13-11-26(12-14-27)15-17-7-5-4-6-8-17/h4-8H,9-16H2,1-3H3,(H,24,25). The molecule has 0 aliphatic carbocycles. The van der Waals surface area contributed by atoms with E-state index >= 15 is 0 Å². The van der Waals surface area contributed by atoms with E-state index in [4.69, 9.17) is 4.74 Å². The predicted octanol–water partition coefficient (Wildman–Crippen LogP) is 2.66. The molecule has 0 saturated carbocycles. The van der Waals surface area contributed by atoms with Crippen molar-refractivity contribution in [3.63, 3.8) is 0 Å². The number of hydrogen-bond acceptors (Lipinski definition) is 5. The van der Waals surface area contributed by atoms with E-state index in [-0.39, 0.29) is 12.0 Å². The summed E-state index contributed by atoms with van der Waals surface area (Å²) < 4.78 is 5.50. The van der Waals surface area contributed by atoms with Crippen LogP contribution in [-0.2, 0) is 24.2 Å². The molecule has 2 aliphatic heterocycles. The molecular weight excluding hydrogens is 394 g/mol. The second kappa shape index (κ2) is 8.70. The highest BCUT2D eigenvalue weighted by Gasteiger charge is 2.32. The molecule has 0 bridgehead atoms. The van der Waals surface area contributed by atoms with E-state index in [0.29, 0.717) is 38.3 Å². The normalized spacial score (nSPS) is 17.4. The van der Waals surface area contributed by atoms with Crippen molar-refractivity contribution in [3.05, 3.63) is 52.8 Å². The largest absolute Gasteiger partial charge is 0.444 e. The second-order valence-electron chi connectivity index (χ2n) is 9.24. The summed E-state index contributed by atoms with van der Waals surface area (Å²) in [6.07, 6.45) is 0.284. The van der Waals surface area contributed by atoms with Gasteiger partial charge in [-0.2, -0.15) is 5.10 Å². The van der Waals surface area contributed by atoms with Crippen LogP contribution in [0.2, 0.25) is 0 Å². The predicted molar refractivity (Wildman–Crippen MR) is 117 cm³/mol. The molecule has 1 fully saturated rings. The number of aromatic amines is 1. The van der Waals surface area contributed by atoms with Gasteiger partial charge in [0.25, 0.3) is 5.91 Å². The smallest absolute Gasteiger partial charge is 0.410 e. The first kappa shape index (κ1) is 21.4. The number of benzene rings is 1. The van der Waals surface area contributed by atoms with Crippen molar-refractivity contribution >= 4 is 12.0 Å². The van der Waals surface area contributed by atoms with Crippen LogP contribution in [0.25, 0.3) is 0 Å². The fourth-order valence-electron chi connectivity index (χ4n) is 4.05. The Kier molecular flexibility index (Phi) is 6.00. The first-order valence-corrected chi connectivity index (χ1v) is 10.9. The summed E-state index contributed by atoms with van der Waals surface area (Å²) in [7, 11) is 0. The highest BCUT2D eigenvalue weighted by molar-refractivity contribution is 5.94. The number of rotatable bonds is 3. The van der Waals surface area contributed by atoms with Crippen LogP contribution in [0, 0.1) is 0 Å². The number of nitrogens with one attached hydrogen (secondary N) is 1. The Balaban J connectivity index is 1.37. The van der Waals surface area contributed by atoms with Crippen LogP contribution in [0.3, 0.4) is 0 Å². The van der Waals surface area contributed by atoms with Crippen molar-refractivity contribution in [2.75, 3.05) is 32.7 Å². The molecule has 0 radical (unpaired) electrons. The van der Waals surface area contributed by atoms with Gasteiger partial charge in [0.2, 0.25) is 0 Å². The Labute approximate surface area is 183 Å². The summed E-state index contributed by atoms with van der Waals surface area (Å²) in [5.74, 6) is -0.0668. The highest BCUT2D eigenvalue weighted by atomic mass is 16.6. The third-order valence-corrected chi connectivity index (χ3v) is 5.70. The summed E-state index contributed by atoms with van der Waals surface area (Å²) in [4.78, 5) is 31.6. The molecule has 1 N–H and O–H groups in total. The van der Waals surface area contributed by atoms with Gasteiger partial charge in [-0.15, -0.1) is 0 Å². The van der Waals surface area contributed by atoms with E-state index < -0.39 is 5.60 Å². The lowest BCUT2D eigenvalue weighted by Gasteiger charge is -2.35. The zero-order chi connectivity index (χ0) is 22.0. The van der Waals surface area contributed by atoms with E-state index in [1.807, 2.05) is 31.7 Å². The van der Waals surface area contributed by atoms with Gasteiger partial charge < -0.3 is 14.5 Å². The zero-order valence-corrected chi connectivity index (χ0v) is 18.6. The third-order valence-electron chi connectivity index (χ3n) is 5.70. The Bertz CT molecular complexity index is 926. The molecule has 0 unspecified atom stereocenters. The minimum Gasteiger partial charge on any atom is -0.444 e. The lowest BCUT2D eigenvalue weighted by molar-refractivity contribution is 0.0221. The number of nitrogens with zero attached hydrogens (tertiary/aromatic N) is 4. The highest BCUT2D eigenvalue weighted by Crippen LogP contribution is 2.24. The minimum absolute atomic E-state index is 0.0668. The fraction of sp³-hybridized carbons (Fsp3) is 0.522. The molecule has 0 atom stereocenters. The minimum atomic E-state index is -0.550. The third kappa shape index (κ3) is 5.07. The summed E-state index contributed by atoms with van der Waals surface area (Å²) in [6, 6.07) is 10.4. The van der Waals surface area contributed by atoms with Crippen LogP contribution >= 0.6 is 0 Å². The lowest BCUT2D eigenvalue weighted by atomic mass is 10.0. The Morgan fingerprint density at radius 3 is 2.42 bits per heavy atom. The molecule has 2 aromatic rings. The van der Waals surface area contributed by atoms with Crippen molar-refractivity contribution in [3.8, 4) is 0 Å². The molecule has 8 nitrogen and oxygen atoms in total. The van der Waals surface area contributed by atoms with Gasteiger partial charge in [-0.05, 0) is 26.3 Å². The summed E-state index contributed by atoms with van der Waals surface area (Å²) in [6.45, 7) is 10.3. The summed E-state index contributed by atoms with van der Waals surface area (Å²) in [5.41, 5.74) is 2.91. The number of amides is 2. The van der Waals surface area contributed by atoms with Gasteiger partial charge in [-0.3, -0.25) is 14.8 Å². The fourth-order valence-corrected chi connectivity index (χ4v) is 4.05. The van der Waals surface area contributed by atoms with E-state index in [1.54, 1.807) is 4.90 Å². The average Bonchev–Trinajstić information content (AvgIpc) is 3.16. The quantitative estimate of drug-likeness (QED) is 0.818. The van der Waals surface area contributed by atoms with E-state index in [0.717, 1.165) is 30.9 Å². The van der Waals surface area contributed by atoms with Crippen LogP contribution in [0.5, 0.6) is 0 Å². The Morgan fingerprint density at radius 2 is 1.74 bits per heavy atom. The molecule has 0 spiro atoms. The molecule has 2 amide bonds. The van der Waals surface area contributed by atoms with Gasteiger partial charge >= 0.3 is 6.09 Å². The van der Waals surface area contributed by atoms with E-state index in [9.17, 15) is 9.59 Å². The Morgan fingerprint density at radius 1 is 1.03 bits per heavy atom. The van der Waals surface area contributed by atoms with Crippen molar-refractivity contribution in [2.24, 2.45) is 0 Å². The molecule has 2 aliphatic rings. The van der Waals surface area contributed by atoms with Gasteiger partial charge in [0.1, 0.15) is 5.60 Å². The van der Waals surface area contributed by atoms with E-state index in [2.05, 4.69) is 39.4 Å². The summed E-state index contributed by atoms with van der Waals surface area (Å²) >= 11 is 0. The molecule has 1 aromatic carbocycles. The van der Waals surface area contributed by atoms with Gasteiger partial charge in [0.05, 0.1) is 6.54 Å². The van der Waals surface area contributed by atoms with Crippen LogP contribution in [0.15, 0.2) is 30.3 Å². The van der Waals surface area contributed by atoms with Crippen LogP contribution in [-0.4, -0.2) is 75.2 Å². The number of hydrogen-bond donors (Lipinski definition) is 1. The van der Waals surface area contributed by atoms with Crippen molar-refractivity contribution in [1.82, 2.24) is 24.9 Å². The second-order valence-corrected chi connectivity index (χ2v) is 9.24. The van der Waals surface area contributed by atoms with Crippen LogP contribution in [0.1, 0.15) is 48.1 Å². The zero-order valence-electron chi connectivity index (χ0n) is 18.6. The lowest BCUT2D eigenvalue weighted by Crippen LogP contribution is -2.48.